The van der Waals surface area contributed by atoms with Crippen LogP contribution in [-0.4, -0.2) is 18.3 Å². The fraction of sp³-hybridized carbons (Fsp3) is 0.467. The quantitative estimate of drug-likeness (QED) is 0.799. The van der Waals surface area contributed by atoms with Gasteiger partial charge in [-0.3, -0.25) is 0 Å². The minimum Gasteiger partial charge on any atom is -0.312 e. The van der Waals surface area contributed by atoms with Gasteiger partial charge in [-0.1, -0.05) is 25.1 Å². The molecular formula is C15H19NS. The van der Waals surface area contributed by atoms with Crippen LogP contribution in [0.25, 0.3) is 0 Å². The van der Waals surface area contributed by atoms with Crippen LogP contribution in [-0.2, 0) is 0 Å². The molecule has 0 aromatic heterocycles. The monoisotopic (exact) mass is 245 g/mol. The van der Waals surface area contributed by atoms with Crippen molar-refractivity contribution >= 4 is 11.8 Å². The average Bonchev–Trinajstić information content (AvgIpc) is 2.78. The van der Waals surface area contributed by atoms with Gasteiger partial charge in [0.05, 0.1) is 0 Å². The third kappa shape index (κ3) is 2.86. The molecule has 1 nitrogen and oxygen atoms in total. The molecule has 0 radical (unpaired) electrons. The maximum atomic E-state index is 5.49. The molecule has 0 amide bonds. The molecule has 0 aliphatic carbocycles. The lowest BCUT2D eigenvalue weighted by Gasteiger charge is -2.23. The molecule has 90 valence electrons. The first-order chi connectivity index (χ1) is 8.36. The van der Waals surface area contributed by atoms with Crippen LogP contribution in [0.15, 0.2) is 29.2 Å². The number of hydrogen-bond donors (Lipinski definition) is 1. The second-order valence-corrected chi connectivity index (χ2v) is 5.49. The SMILES string of the molecule is C#CCC(NCCC)C1CSc2ccccc21. The van der Waals surface area contributed by atoms with E-state index in [1.165, 1.54) is 10.5 Å². The van der Waals surface area contributed by atoms with E-state index in [9.17, 15) is 0 Å². The second-order valence-electron chi connectivity index (χ2n) is 4.42. The van der Waals surface area contributed by atoms with Gasteiger partial charge in [0, 0.05) is 29.0 Å². The number of benzene rings is 1. The largest absolute Gasteiger partial charge is 0.312 e. The number of hydrogen-bond acceptors (Lipinski definition) is 2. The molecule has 17 heavy (non-hydrogen) atoms. The second kappa shape index (κ2) is 6.14. The van der Waals surface area contributed by atoms with Gasteiger partial charge in [0.15, 0.2) is 0 Å². The van der Waals surface area contributed by atoms with Crippen LogP contribution >= 0.6 is 11.8 Å². The first kappa shape index (κ1) is 12.5. The van der Waals surface area contributed by atoms with E-state index in [1.54, 1.807) is 0 Å². The topological polar surface area (TPSA) is 12.0 Å². The molecule has 2 unspecified atom stereocenters. The molecule has 2 heteroatoms. The third-order valence-corrected chi connectivity index (χ3v) is 4.43. The Labute approximate surface area is 108 Å². The maximum Gasteiger partial charge on any atom is 0.0254 e. The Hall–Kier alpha value is -0.910. The predicted octanol–water partition coefficient (Wildman–Crippen LogP) is 3.27. The lowest BCUT2D eigenvalue weighted by molar-refractivity contribution is 0.462. The zero-order chi connectivity index (χ0) is 12.1. The summed E-state index contributed by atoms with van der Waals surface area (Å²) in [5.41, 5.74) is 1.47. The van der Waals surface area contributed by atoms with Gasteiger partial charge in [0.2, 0.25) is 0 Å². The van der Waals surface area contributed by atoms with Crippen LogP contribution in [0.5, 0.6) is 0 Å². The summed E-state index contributed by atoms with van der Waals surface area (Å²) in [6.07, 6.45) is 7.47. The molecule has 0 bridgehead atoms. The number of nitrogens with one attached hydrogen (secondary N) is 1. The van der Waals surface area contributed by atoms with Crippen molar-refractivity contribution in [3.05, 3.63) is 29.8 Å². The van der Waals surface area contributed by atoms with Crippen LogP contribution in [0.4, 0.5) is 0 Å². The molecule has 0 saturated heterocycles. The van der Waals surface area contributed by atoms with Gasteiger partial charge in [0.25, 0.3) is 0 Å². The van der Waals surface area contributed by atoms with Gasteiger partial charge in [-0.05, 0) is 24.6 Å². The Morgan fingerprint density at radius 1 is 1.53 bits per heavy atom. The van der Waals surface area contributed by atoms with Gasteiger partial charge >= 0.3 is 0 Å². The summed E-state index contributed by atoms with van der Waals surface area (Å²) in [6, 6.07) is 9.13. The summed E-state index contributed by atoms with van der Waals surface area (Å²) in [5.74, 6) is 4.54. The minimum absolute atomic E-state index is 0.427. The van der Waals surface area contributed by atoms with E-state index in [0.717, 1.165) is 25.1 Å². The number of thioether (sulfide) groups is 1. The van der Waals surface area contributed by atoms with E-state index >= 15 is 0 Å². The van der Waals surface area contributed by atoms with Gasteiger partial charge in [0.1, 0.15) is 0 Å². The van der Waals surface area contributed by atoms with Crippen LogP contribution in [0.1, 0.15) is 31.2 Å². The highest BCUT2D eigenvalue weighted by molar-refractivity contribution is 7.99. The summed E-state index contributed by atoms with van der Waals surface area (Å²) in [6.45, 7) is 3.24. The van der Waals surface area contributed by atoms with E-state index in [0.29, 0.717) is 12.0 Å². The molecule has 2 atom stereocenters. The maximum absolute atomic E-state index is 5.49. The van der Waals surface area contributed by atoms with E-state index in [-0.39, 0.29) is 0 Å². The van der Waals surface area contributed by atoms with Gasteiger partial charge in [-0.2, -0.15) is 0 Å². The van der Waals surface area contributed by atoms with Gasteiger partial charge in [-0.15, -0.1) is 24.1 Å². The minimum atomic E-state index is 0.427. The summed E-state index contributed by atoms with van der Waals surface area (Å²) in [4.78, 5) is 1.43. The number of fused-ring (bicyclic) bond motifs is 1. The van der Waals surface area contributed by atoms with Crippen LogP contribution < -0.4 is 5.32 Å². The van der Waals surface area contributed by atoms with E-state index in [4.69, 9.17) is 6.42 Å². The highest BCUT2D eigenvalue weighted by atomic mass is 32.2. The van der Waals surface area contributed by atoms with E-state index in [2.05, 4.69) is 42.4 Å². The summed E-state index contributed by atoms with van der Waals surface area (Å²) in [5, 5.41) is 3.60. The van der Waals surface area contributed by atoms with Crippen molar-refractivity contribution in [2.45, 2.75) is 36.6 Å². The molecule has 2 rings (SSSR count). The van der Waals surface area contributed by atoms with Gasteiger partial charge in [-0.25, -0.2) is 0 Å². The molecular weight excluding hydrogens is 226 g/mol. The molecule has 1 aliphatic rings. The third-order valence-electron chi connectivity index (χ3n) is 3.22. The van der Waals surface area contributed by atoms with Crippen molar-refractivity contribution in [3.8, 4) is 12.3 Å². The molecule has 1 N–H and O–H groups in total. The van der Waals surface area contributed by atoms with Crippen molar-refractivity contribution < 1.29 is 0 Å². The van der Waals surface area contributed by atoms with E-state index < -0.39 is 0 Å². The molecule has 1 heterocycles. The number of rotatable bonds is 5. The lowest BCUT2D eigenvalue weighted by Crippen LogP contribution is -2.35. The fourth-order valence-corrected chi connectivity index (χ4v) is 3.67. The number of terminal acetylenes is 1. The van der Waals surface area contributed by atoms with Gasteiger partial charge < -0.3 is 5.32 Å². The Kier molecular flexibility index (Phi) is 4.53. The van der Waals surface area contributed by atoms with Crippen LogP contribution in [0, 0.1) is 12.3 Å². The molecule has 1 aromatic carbocycles. The molecule has 0 saturated carbocycles. The lowest BCUT2D eigenvalue weighted by atomic mass is 9.91. The van der Waals surface area contributed by atoms with E-state index in [1.807, 2.05) is 11.8 Å². The Morgan fingerprint density at radius 2 is 2.35 bits per heavy atom. The Bertz CT molecular complexity index is 408. The fourth-order valence-electron chi connectivity index (χ4n) is 2.33. The summed E-state index contributed by atoms with van der Waals surface area (Å²) < 4.78 is 0. The Morgan fingerprint density at radius 3 is 3.12 bits per heavy atom. The zero-order valence-corrected chi connectivity index (χ0v) is 11.1. The highest BCUT2D eigenvalue weighted by Crippen LogP contribution is 2.41. The van der Waals surface area contributed by atoms with Crippen molar-refractivity contribution in [1.82, 2.24) is 5.32 Å². The summed E-state index contributed by atoms with van der Waals surface area (Å²) >= 11 is 1.96. The van der Waals surface area contributed by atoms with Crippen molar-refractivity contribution in [2.75, 3.05) is 12.3 Å². The predicted molar refractivity (Wildman–Crippen MR) is 75.4 cm³/mol. The van der Waals surface area contributed by atoms with Crippen molar-refractivity contribution in [1.29, 1.82) is 0 Å². The smallest absolute Gasteiger partial charge is 0.0254 e. The molecule has 1 aliphatic heterocycles. The first-order valence-electron chi connectivity index (χ1n) is 6.25. The highest BCUT2D eigenvalue weighted by Gasteiger charge is 2.29. The van der Waals surface area contributed by atoms with Crippen LogP contribution in [0.3, 0.4) is 0 Å². The zero-order valence-electron chi connectivity index (χ0n) is 10.3. The first-order valence-corrected chi connectivity index (χ1v) is 7.24. The van der Waals surface area contributed by atoms with Crippen molar-refractivity contribution in [2.24, 2.45) is 0 Å². The standard InChI is InChI=1S/C15H19NS/c1-3-7-14(16-10-4-2)13-11-17-15-9-6-5-8-12(13)15/h1,5-6,8-9,13-14,16H,4,7,10-11H2,2H3. The Balaban J connectivity index is 2.13. The molecule has 0 spiro atoms. The normalized spacial score (nSPS) is 19.6. The summed E-state index contributed by atoms with van der Waals surface area (Å²) in [7, 11) is 0. The molecule has 1 aromatic rings. The molecule has 0 fully saturated rings. The van der Waals surface area contributed by atoms with Crippen LogP contribution in [0.2, 0.25) is 0 Å². The average molecular weight is 245 g/mol. The van der Waals surface area contributed by atoms with Crippen molar-refractivity contribution in [3.63, 3.8) is 0 Å².